The molecule has 0 spiro atoms. The molecule has 1 fully saturated rings. The van der Waals surface area contributed by atoms with E-state index in [2.05, 4.69) is 54.6 Å². The molecule has 0 saturated carbocycles. The number of halogens is 6. The minimum absolute atomic E-state index is 0.00553. The van der Waals surface area contributed by atoms with Gasteiger partial charge in [0.1, 0.15) is 5.69 Å². The summed E-state index contributed by atoms with van der Waals surface area (Å²) in [7, 11) is 0. The van der Waals surface area contributed by atoms with Crippen LogP contribution in [0.5, 0.6) is 0 Å². The van der Waals surface area contributed by atoms with Crippen LogP contribution in [0.2, 0.25) is 30.1 Å². The molecule has 5 rings (SSSR count). The van der Waals surface area contributed by atoms with Crippen molar-refractivity contribution in [3.05, 3.63) is 118 Å². The number of aliphatic imine (C=N–C) groups is 1. The van der Waals surface area contributed by atoms with E-state index >= 15 is 0 Å². The molecule has 0 radical (unpaired) electrons. The fraction of sp³-hybridized carbons (Fsp3) is 0.212. The number of anilines is 1. The van der Waals surface area contributed by atoms with Crippen LogP contribution in [0.4, 0.5) is 17.1 Å². The van der Waals surface area contributed by atoms with Crippen LogP contribution in [-0.4, -0.2) is 17.8 Å². The van der Waals surface area contributed by atoms with Crippen molar-refractivity contribution >= 4 is 98.4 Å². The predicted octanol–water partition coefficient (Wildman–Crippen LogP) is 11.4. The molecule has 6 nitrogen and oxygen atoms in total. The highest BCUT2D eigenvalue weighted by molar-refractivity contribution is 6.57. The van der Waals surface area contributed by atoms with Crippen LogP contribution in [0.3, 0.4) is 0 Å². The SMILES string of the molecule is CCc1ccc(N=NC2C(=O)N(c3c(Cl)c(Cl)c(Cl)c(Cl)c3Cl)NC2=Nc2cc(Cc3ccc(C)cc3C)ccc2Cl)cc1C. The van der Waals surface area contributed by atoms with Gasteiger partial charge < -0.3 is 0 Å². The molecule has 1 heterocycles. The van der Waals surface area contributed by atoms with Gasteiger partial charge in [0.2, 0.25) is 6.04 Å². The second-order valence-corrected chi connectivity index (χ2v) is 13.0. The average molecular weight is 722 g/mol. The van der Waals surface area contributed by atoms with Gasteiger partial charge in [0.05, 0.1) is 41.5 Å². The summed E-state index contributed by atoms with van der Waals surface area (Å²) >= 11 is 38.5. The van der Waals surface area contributed by atoms with E-state index in [9.17, 15) is 4.79 Å². The van der Waals surface area contributed by atoms with Crippen molar-refractivity contribution in [2.24, 2.45) is 15.2 Å². The molecule has 1 unspecified atom stereocenters. The van der Waals surface area contributed by atoms with Gasteiger partial charge in [-0.3, -0.25) is 10.2 Å². The molecule has 12 heteroatoms. The number of azo groups is 1. The molecule has 1 N–H and O–H groups in total. The number of benzene rings is 4. The number of carbonyl (C=O) groups excluding carboxylic acids is 1. The second kappa shape index (κ2) is 13.9. The summed E-state index contributed by atoms with van der Waals surface area (Å²) in [4.78, 5) is 18.7. The molecule has 1 aliphatic heterocycles. The van der Waals surface area contributed by atoms with Crippen LogP contribution in [0, 0.1) is 20.8 Å². The first-order valence-electron chi connectivity index (χ1n) is 13.9. The van der Waals surface area contributed by atoms with E-state index in [-0.39, 0.29) is 36.6 Å². The molecule has 1 atom stereocenters. The first-order chi connectivity index (χ1) is 21.4. The standard InChI is InChI=1S/C33H27Cl6N5O/c1-5-20-9-10-22(13-18(20)4)41-42-30-32(43-44(33(30)45)31-28(38)26(36)25(35)27(37)29(31)39)40-24-15-19(7-11-23(24)34)14-21-8-6-16(2)12-17(21)3/h6-13,15,30H,5,14H2,1-4H3,(H,40,43). The predicted molar refractivity (Wildman–Crippen MR) is 188 cm³/mol. The van der Waals surface area contributed by atoms with Gasteiger partial charge in [0, 0.05) is 0 Å². The minimum Gasteiger partial charge on any atom is -0.276 e. The van der Waals surface area contributed by atoms with E-state index in [1.807, 2.05) is 37.3 Å². The van der Waals surface area contributed by atoms with Gasteiger partial charge in [-0.05, 0) is 85.7 Å². The van der Waals surface area contributed by atoms with Crippen molar-refractivity contribution < 1.29 is 4.79 Å². The van der Waals surface area contributed by atoms with Crippen LogP contribution in [0.15, 0.2) is 69.8 Å². The van der Waals surface area contributed by atoms with Crippen LogP contribution < -0.4 is 10.4 Å². The minimum atomic E-state index is -1.20. The lowest BCUT2D eigenvalue weighted by Gasteiger charge is -2.21. The van der Waals surface area contributed by atoms with E-state index in [4.69, 9.17) is 74.6 Å². The second-order valence-electron chi connectivity index (χ2n) is 10.7. The third-order valence-electron chi connectivity index (χ3n) is 7.49. The molecule has 1 aliphatic rings. The summed E-state index contributed by atoms with van der Waals surface area (Å²) in [5, 5.41) is 9.96. The number of aryl methyl sites for hydroxylation is 4. The van der Waals surface area contributed by atoms with E-state index in [0.717, 1.165) is 22.6 Å². The van der Waals surface area contributed by atoms with Crippen LogP contribution in [-0.2, 0) is 17.6 Å². The zero-order valence-corrected chi connectivity index (χ0v) is 29.2. The van der Waals surface area contributed by atoms with Gasteiger partial charge in [-0.1, -0.05) is 112 Å². The highest BCUT2D eigenvalue weighted by Gasteiger charge is 2.42. The van der Waals surface area contributed by atoms with Gasteiger partial charge >= 0.3 is 0 Å². The Hall–Kier alpha value is -2.84. The van der Waals surface area contributed by atoms with Crippen molar-refractivity contribution in [2.45, 2.75) is 46.6 Å². The lowest BCUT2D eigenvalue weighted by atomic mass is 9.99. The first-order valence-corrected chi connectivity index (χ1v) is 16.2. The van der Waals surface area contributed by atoms with Crippen molar-refractivity contribution in [3.8, 4) is 0 Å². The molecule has 0 aromatic heterocycles. The van der Waals surface area contributed by atoms with E-state index in [1.165, 1.54) is 22.3 Å². The number of nitrogens with zero attached hydrogens (tertiary/aromatic N) is 4. The number of hydrogen-bond acceptors (Lipinski definition) is 4. The molecule has 232 valence electrons. The molecule has 4 aromatic carbocycles. The highest BCUT2D eigenvalue weighted by atomic mass is 35.5. The summed E-state index contributed by atoms with van der Waals surface area (Å²) in [6.45, 7) is 8.23. The summed E-state index contributed by atoms with van der Waals surface area (Å²) in [6, 6.07) is 16.5. The fourth-order valence-electron chi connectivity index (χ4n) is 5.03. The lowest BCUT2D eigenvalue weighted by Crippen LogP contribution is -2.36. The number of carbonyl (C=O) groups is 1. The van der Waals surface area contributed by atoms with E-state index < -0.39 is 11.9 Å². The van der Waals surface area contributed by atoms with Crippen LogP contribution >= 0.6 is 69.6 Å². The topological polar surface area (TPSA) is 69.4 Å². The van der Waals surface area contributed by atoms with Gasteiger partial charge in [-0.2, -0.15) is 10.2 Å². The van der Waals surface area contributed by atoms with Crippen molar-refractivity contribution in [1.29, 1.82) is 0 Å². The Balaban J connectivity index is 1.58. The van der Waals surface area contributed by atoms with Crippen molar-refractivity contribution in [2.75, 3.05) is 5.01 Å². The zero-order chi connectivity index (χ0) is 32.6. The van der Waals surface area contributed by atoms with Crippen molar-refractivity contribution in [3.63, 3.8) is 0 Å². The molecule has 1 amide bonds. The number of nitrogens with one attached hydrogen (secondary N) is 1. The number of amidine groups is 1. The molecule has 4 aromatic rings. The Kier molecular flexibility index (Phi) is 10.3. The van der Waals surface area contributed by atoms with Crippen molar-refractivity contribution in [1.82, 2.24) is 5.43 Å². The number of rotatable bonds is 7. The number of amides is 1. The van der Waals surface area contributed by atoms with Crippen LogP contribution in [0.25, 0.3) is 0 Å². The molecule has 0 bridgehead atoms. The summed E-state index contributed by atoms with van der Waals surface area (Å²) in [6.07, 6.45) is 1.56. The monoisotopic (exact) mass is 719 g/mol. The Bertz CT molecular complexity index is 1860. The molecule has 1 saturated heterocycles. The highest BCUT2D eigenvalue weighted by Crippen LogP contribution is 2.48. The third kappa shape index (κ3) is 6.97. The van der Waals surface area contributed by atoms with Crippen LogP contribution in [0.1, 0.15) is 40.3 Å². The Morgan fingerprint density at radius 2 is 1.42 bits per heavy atom. The molecule has 45 heavy (non-hydrogen) atoms. The van der Waals surface area contributed by atoms with Gasteiger partial charge in [0.25, 0.3) is 5.91 Å². The molecule has 0 aliphatic carbocycles. The Morgan fingerprint density at radius 1 is 0.778 bits per heavy atom. The maximum Gasteiger partial charge on any atom is 0.280 e. The van der Waals surface area contributed by atoms with Gasteiger partial charge in [0.15, 0.2) is 5.84 Å². The lowest BCUT2D eigenvalue weighted by molar-refractivity contribution is -0.117. The first kappa shape index (κ1) is 33.5. The maximum atomic E-state index is 13.9. The molecular formula is C33H27Cl6N5O. The average Bonchev–Trinajstić information content (AvgIpc) is 3.31. The Labute approximate surface area is 291 Å². The number of hydrazine groups is 1. The summed E-state index contributed by atoms with van der Waals surface area (Å²) in [5.74, 6) is -0.425. The summed E-state index contributed by atoms with van der Waals surface area (Å²) in [5.41, 5.74) is 10.8. The summed E-state index contributed by atoms with van der Waals surface area (Å²) < 4.78 is 0. The Morgan fingerprint density at radius 3 is 2.07 bits per heavy atom. The third-order valence-corrected chi connectivity index (χ3v) is 10.1. The largest absolute Gasteiger partial charge is 0.280 e. The smallest absolute Gasteiger partial charge is 0.276 e. The zero-order valence-electron chi connectivity index (χ0n) is 24.7. The number of hydrogen-bond donors (Lipinski definition) is 1. The van der Waals surface area contributed by atoms with Gasteiger partial charge in [-0.15, -0.1) is 0 Å². The normalized spacial score (nSPS) is 15.9. The fourth-order valence-corrected chi connectivity index (χ4v) is 6.48. The maximum absolute atomic E-state index is 13.9. The van der Waals surface area contributed by atoms with E-state index in [1.54, 1.807) is 6.07 Å². The van der Waals surface area contributed by atoms with Gasteiger partial charge in [-0.25, -0.2) is 10.0 Å². The molecular weight excluding hydrogens is 695 g/mol. The van der Waals surface area contributed by atoms with E-state index in [0.29, 0.717) is 22.8 Å². The quantitative estimate of drug-likeness (QED) is 0.117.